The lowest BCUT2D eigenvalue weighted by atomic mass is 10.3. The molecule has 1 N–H and O–H groups in total. The fraction of sp³-hybridized carbons (Fsp3) is 0. The Bertz CT molecular complexity index is 1030. The minimum absolute atomic E-state index is 0.0218. The number of carbonyl (C=O) groups is 1. The number of sulfone groups is 1. The molecule has 2 aromatic carbocycles. The first-order chi connectivity index (χ1) is 11.9. The molecule has 0 aliphatic heterocycles. The molecule has 0 saturated carbocycles. The predicted octanol–water partition coefficient (Wildman–Crippen LogP) is 4.63. The standard InChI is InChI=1S/C17H11ClFNO3S2/c18-11-5-7-12(8-6-11)25(22,23)16-10-9-15(24-16)17(21)20-14-4-2-1-3-13(14)19/h1-10H,(H,20,21). The maximum atomic E-state index is 13.6. The fourth-order valence-electron chi connectivity index (χ4n) is 2.06. The van der Waals surface area contributed by atoms with Crippen LogP contribution in [0.2, 0.25) is 5.02 Å². The van der Waals surface area contributed by atoms with Crippen LogP contribution in [0.15, 0.2) is 69.8 Å². The first-order valence-corrected chi connectivity index (χ1v) is 9.72. The zero-order valence-corrected chi connectivity index (χ0v) is 15.0. The van der Waals surface area contributed by atoms with Gasteiger partial charge in [0.15, 0.2) is 0 Å². The molecule has 0 aliphatic rings. The summed E-state index contributed by atoms with van der Waals surface area (Å²) in [6, 6.07) is 14.2. The van der Waals surface area contributed by atoms with Gasteiger partial charge in [-0.1, -0.05) is 23.7 Å². The number of anilines is 1. The number of rotatable bonds is 4. The Balaban J connectivity index is 1.85. The zero-order chi connectivity index (χ0) is 18.0. The van der Waals surface area contributed by atoms with Crippen molar-refractivity contribution in [2.24, 2.45) is 0 Å². The van der Waals surface area contributed by atoms with E-state index in [0.717, 1.165) is 11.3 Å². The van der Waals surface area contributed by atoms with Crippen molar-refractivity contribution in [2.75, 3.05) is 5.32 Å². The summed E-state index contributed by atoms with van der Waals surface area (Å²) in [5.41, 5.74) is 0.0306. The second-order valence-electron chi connectivity index (χ2n) is 5.01. The Kier molecular flexibility index (Phi) is 4.89. The number of carbonyl (C=O) groups excluding carboxylic acids is 1. The summed E-state index contributed by atoms with van der Waals surface area (Å²) in [7, 11) is -3.74. The van der Waals surface area contributed by atoms with Crippen molar-refractivity contribution < 1.29 is 17.6 Å². The van der Waals surface area contributed by atoms with E-state index in [1.807, 2.05) is 0 Å². The van der Waals surface area contributed by atoms with E-state index in [1.165, 1.54) is 54.6 Å². The molecule has 0 unspecified atom stereocenters. The van der Waals surface area contributed by atoms with E-state index < -0.39 is 21.6 Å². The van der Waals surface area contributed by atoms with Gasteiger partial charge in [-0.3, -0.25) is 4.79 Å². The monoisotopic (exact) mass is 395 g/mol. The molecule has 1 heterocycles. The highest BCUT2D eigenvalue weighted by Gasteiger charge is 2.22. The summed E-state index contributed by atoms with van der Waals surface area (Å²) in [6.45, 7) is 0. The van der Waals surface area contributed by atoms with Crippen LogP contribution in [0.25, 0.3) is 0 Å². The lowest BCUT2D eigenvalue weighted by molar-refractivity contribution is 0.103. The van der Waals surface area contributed by atoms with E-state index in [-0.39, 0.29) is 19.7 Å². The van der Waals surface area contributed by atoms with Gasteiger partial charge in [0.2, 0.25) is 9.84 Å². The topological polar surface area (TPSA) is 63.2 Å². The number of hydrogen-bond donors (Lipinski definition) is 1. The number of para-hydroxylation sites is 1. The molecule has 4 nitrogen and oxygen atoms in total. The Hall–Kier alpha value is -2.22. The van der Waals surface area contributed by atoms with E-state index in [1.54, 1.807) is 6.07 Å². The molecular weight excluding hydrogens is 385 g/mol. The third-order valence-electron chi connectivity index (χ3n) is 3.32. The summed E-state index contributed by atoms with van der Waals surface area (Å²) in [5, 5.41) is 2.85. The smallest absolute Gasteiger partial charge is 0.265 e. The van der Waals surface area contributed by atoms with Gasteiger partial charge in [-0.05, 0) is 48.5 Å². The quantitative estimate of drug-likeness (QED) is 0.700. The minimum atomic E-state index is -3.74. The molecule has 0 fully saturated rings. The molecule has 0 radical (unpaired) electrons. The Morgan fingerprint density at radius 3 is 2.36 bits per heavy atom. The van der Waals surface area contributed by atoms with Crippen molar-refractivity contribution in [3.05, 3.63) is 76.4 Å². The number of thiophene rings is 1. The zero-order valence-electron chi connectivity index (χ0n) is 12.6. The van der Waals surface area contributed by atoms with Gasteiger partial charge in [0.1, 0.15) is 10.0 Å². The van der Waals surface area contributed by atoms with E-state index in [0.29, 0.717) is 5.02 Å². The van der Waals surface area contributed by atoms with Gasteiger partial charge in [-0.25, -0.2) is 12.8 Å². The molecule has 1 aromatic heterocycles. The van der Waals surface area contributed by atoms with Crippen molar-refractivity contribution in [1.82, 2.24) is 0 Å². The SMILES string of the molecule is O=C(Nc1ccccc1F)c1ccc(S(=O)(=O)c2ccc(Cl)cc2)s1. The highest BCUT2D eigenvalue weighted by atomic mass is 35.5. The Labute approximate surface area is 152 Å². The molecular formula is C17H11ClFNO3S2. The number of benzene rings is 2. The number of amides is 1. The van der Waals surface area contributed by atoms with Crippen molar-refractivity contribution in [3.63, 3.8) is 0 Å². The summed E-state index contributed by atoms with van der Waals surface area (Å²) < 4.78 is 38.8. The summed E-state index contributed by atoms with van der Waals surface area (Å²) in [4.78, 5) is 12.5. The minimum Gasteiger partial charge on any atom is -0.319 e. The van der Waals surface area contributed by atoms with E-state index >= 15 is 0 Å². The Morgan fingerprint density at radius 2 is 1.68 bits per heavy atom. The van der Waals surface area contributed by atoms with Crippen LogP contribution in [0.5, 0.6) is 0 Å². The maximum Gasteiger partial charge on any atom is 0.265 e. The molecule has 0 aliphatic carbocycles. The average Bonchev–Trinajstić information content (AvgIpc) is 3.08. The first-order valence-electron chi connectivity index (χ1n) is 7.04. The van der Waals surface area contributed by atoms with Crippen LogP contribution in [0, 0.1) is 5.82 Å². The van der Waals surface area contributed by atoms with Crippen LogP contribution in [0.3, 0.4) is 0 Å². The Morgan fingerprint density at radius 1 is 1.00 bits per heavy atom. The maximum absolute atomic E-state index is 13.6. The summed E-state index contributed by atoms with van der Waals surface area (Å²) in [5.74, 6) is -1.14. The molecule has 0 spiro atoms. The van der Waals surface area contributed by atoms with Gasteiger partial charge in [-0.2, -0.15) is 0 Å². The predicted molar refractivity (Wildman–Crippen MR) is 95.6 cm³/mol. The lowest BCUT2D eigenvalue weighted by Crippen LogP contribution is -2.11. The van der Waals surface area contributed by atoms with Crippen molar-refractivity contribution in [3.8, 4) is 0 Å². The van der Waals surface area contributed by atoms with Crippen LogP contribution < -0.4 is 5.32 Å². The highest BCUT2D eigenvalue weighted by Crippen LogP contribution is 2.29. The molecule has 0 bridgehead atoms. The van der Waals surface area contributed by atoms with E-state index in [9.17, 15) is 17.6 Å². The van der Waals surface area contributed by atoms with Gasteiger partial charge in [0.05, 0.1) is 15.5 Å². The van der Waals surface area contributed by atoms with Crippen molar-refractivity contribution in [2.45, 2.75) is 9.10 Å². The highest BCUT2D eigenvalue weighted by molar-refractivity contribution is 7.93. The second-order valence-corrected chi connectivity index (χ2v) is 8.71. The van der Waals surface area contributed by atoms with E-state index in [4.69, 9.17) is 11.6 Å². The van der Waals surface area contributed by atoms with Crippen LogP contribution >= 0.6 is 22.9 Å². The van der Waals surface area contributed by atoms with Crippen LogP contribution in [-0.2, 0) is 9.84 Å². The van der Waals surface area contributed by atoms with Crippen molar-refractivity contribution in [1.29, 1.82) is 0 Å². The van der Waals surface area contributed by atoms with Gasteiger partial charge < -0.3 is 5.32 Å². The molecule has 3 aromatic rings. The van der Waals surface area contributed by atoms with Gasteiger partial charge >= 0.3 is 0 Å². The third-order valence-corrected chi connectivity index (χ3v) is 6.91. The normalized spacial score (nSPS) is 11.3. The molecule has 128 valence electrons. The molecule has 1 amide bonds. The first kappa shape index (κ1) is 17.6. The molecule has 0 atom stereocenters. The molecule has 0 saturated heterocycles. The summed E-state index contributed by atoms with van der Waals surface area (Å²) in [6.07, 6.45) is 0. The molecule has 8 heteroatoms. The summed E-state index contributed by atoms with van der Waals surface area (Å²) >= 11 is 6.58. The van der Waals surface area contributed by atoms with Crippen LogP contribution in [0.1, 0.15) is 9.67 Å². The van der Waals surface area contributed by atoms with Crippen molar-refractivity contribution >= 4 is 44.4 Å². The second kappa shape index (κ2) is 6.95. The van der Waals surface area contributed by atoms with E-state index in [2.05, 4.69) is 5.32 Å². The van der Waals surface area contributed by atoms with Gasteiger partial charge in [0, 0.05) is 5.02 Å². The lowest BCUT2D eigenvalue weighted by Gasteiger charge is -2.04. The van der Waals surface area contributed by atoms with Crippen LogP contribution in [-0.4, -0.2) is 14.3 Å². The largest absolute Gasteiger partial charge is 0.319 e. The average molecular weight is 396 g/mol. The molecule has 25 heavy (non-hydrogen) atoms. The number of nitrogens with one attached hydrogen (secondary N) is 1. The number of hydrogen-bond acceptors (Lipinski definition) is 4. The molecule has 3 rings (SSSR count). The number of halogens is 2. The fourth-order valence-corrected chi connectivity index (χ4v) is 4.79. The van der Waals surface area contributed by atoms with Gasteiger partial charge in [0.25, 0.3) is 5.91 Å². The third kappa shape index (κ3) is 3.73. The van der Waals surface area contributed by atoms with Gasteiger partial charge in [-0.15, -0.1) is 11.3 Å². The van der Waals surface area contributed by atoms with Crippen LogP contribution in [0.4, 0.5) is 10.1 Å².